The SMILES string of the molecule is O=C(NCCC1CC2CCC1C2)c1ccc2c(c1)C(=O)N(CC1CCCO1)C2=O. The average Bonchev–Trinajstić information content (AvgIpc) is 3.51. The lowest BCUT2D eigenvalue weighted by atomic mass is 9.86. The van der Waals surface area contributed by atoms with Crippen LogP contribution in [0.1, 0.15) is 76.0 Å². The third-order valence-electron chi connectivity index (χ3n) is 7.33. The summed E-state index contributed by atoms with van der Waals surface area (Å²) in [6, 6.07) is 4.82. The van der Waals surface area contributed by atoms with Crippen LogP contribution in [0, 0.1) is 17.8 Å². The van der Waals surface area contributed by atoms with Gasteiger partial charge in [-0.1, -0.05) is 6.42 Å². The molecule has 1 aromatic carbocycles. The molecule has 6 nitrogen and oxygen atoms in total. The molecule has 4 unspecified atom stereocenters. The molecule has 4 atom stereocenters. The lowest BCUT2D eigenvalue weighted by Crippen LogP contribution is -2.36. The third-order valence-corrected chi connectivity index (χ3v) is 7.33. The van der Waals surface area contributed by atoms with Gasteiger partial charge in [0, 0.05) is 18.7 Å². The molecular formula is C23H28N2O4. The molecule has 2 heterocycles. The third kappa shape index (κ3) is 3.48. The number of amides is 3. The van der Waals surface area contributed by atoms with Crippen molar-refractivity contribution in [2.45, 2.75) is 51.0 Å². The van der Waals surface area contributed by atoms with Crippen molar-refractivity contribution in [3.63, 3.8) is 0 Å². The van der Waals surface area contributed by atoms with E-state index in [1.165, 1.54) is 30.6 Å². The maximum Gasteiger partial charge on any atom is 0.261 e. The maximum absolute atomic E-state index is 12.7. The number of imide groups is 1. The van der Waals surface area contributed by atoms with Gasteiger partial charge >= 0.3 is 0 Å². The Morgan fingerprint density at radius 3 is 2.69 bits per heavy atom. The van der Waals surface area contributed by atoms with E-state index in [-0.39, 0.29) is 30.4 Å². The Balaban J connectivity index is 1.20. The average molecular weight is 396 g/mol. The molecule has 29 heavy (non-hydrogen) atoms. The van der Waals surface area contributed by atoms with Gasteiger partial charge in [-0.3, -0.25) is 19.3 Å². The van der Waals surface area contributed by atoms with Crippen LogP contribution < -0.4 is 5.32 Å². The lowest BCUT2D eigenvalue weighted by Gasteiger charge is -2.21. The molecule has 154 valence electrons. The highest BCUT2D eigenvalue weighted by Gasteiger charge is 2.39. The molecule has 1 saturated heterocycles. The van der Waals surface area contributed by atoms with E-state index in [2.05, 4.69) is 5.32 Å². The van der Waals surface area contributed by atoms with Crippen molar-refractivity contribution in [1.29, 1.82) is 0 Å². The van der Waals surface area contributed by atoms with Crippen LogP contribution >= 0.6 is 0 Å². The Kier molecular flexibility index (Phi) is 4.90. The van der Waals surface area contributed by atoms with Gasteiger partial charge in [0.2, 0.25) is 0 Å². The molecule has 1 aromatic rings. The van der Waals surface area contributed by atoms with Crippen molar-refractivity contribution in [2.75, 3.05) is 19.7 Å². The highest BCUT2D eigenvalue weighted by Crippen LogP contribution is 2.49. The number of nitrogens with zero attached hydrogens (tertiary/aromatic N) is 1. The van der Waals surface area contributed by atoms with Crippen LogP contribution in [0.5, 0.6) is 0 Å². The summed E-state index contributed by atoms with van der Waals surface area (Å²) in [7, 11) is 0. The molecule has 2 bridgehead atoms. The van der Waals surface area contributed by atoms with Gasteiger partial charge in [0.15, 0.2) is 0 Å². The largest absolute Gasteiger partial charge is 0.376 e. The van der Waals surface area contributed by atoms with Gasteiger partial charge in [-0.2, -0.15) is 0 Å². The first kappa shape index (κ1) is 18.8. The summed E-state index contributed by atoms with van der Waals surface area (Å²) in [6.45, 7) is 1.64. The van der Waals surface area contributed by atoms with Crippen molar-refractivity contribution in [2.24, 2.45) is 17.8 Å². The molecule has 2 saturated carbocycles. The summed E-state index contributed by atoms with van der Waals surface area (Å²) in [5, 5.41) is 3.00. The minimum atomic E-state index is -0.322. The number of carbonyl (C=O) groups is 3. The number of nitrogens with one attached hydrogen (secondary N) is 1. The molecule has 2 aliphatic carbocycles. The molecule has 5 rings (SSSR count). The van der Waals surface area contributed by atoms with Gasteiger partial charge in [-0.05, 0) is 74.5 Å². The summed E-state index contributed by atoms with van der Waals surface area (Å²) in [5.74, 6) is 1.74. The fourth-order valence-corrected chi connectivity index (χ4v) is 5.79. The Labute approximate surface area is 171 Å². The summed E-state index contributed by atoms with van der Waals surface area (Å²) in [5.41, 5.74) is 1.15. The van der Waals surface area contributed by atoms with Crippen LogP contribution in [0.3, 0.4) is 0 Å². The van der Waals surface area contributed by atoms with Crippen molar-refractivity contribution in [3.8, 4) is 0 Å². The fourth-order valence-electron chi connectivity index (χ4n) is 5.79. The summed E-state index contributed by atoms with van der Waals surface area (Å²) < 4.78 is 5.57. The van der Waals surface area contributed by atoms with E-state index in [0.29, 0.717) is 29.8 Å². The van der Waals surface area contributed by atoms with E-state index in [1.54, 1.807) is 18.2 Å². The van der Waals surface area contributed by atoms with Gasteiger partial charge in [0.25, 0.3) is 17.7 Å². The summed E-state index contributed by atoms with van der Waals surface area (Å²) in [6.07, 6.45) is 8.21. The highest BCUT2D eigenvalue weighted by atomic mass is 16.5. The van der Waals surface area contributed by atoms with Gasteiger partial charge < -0.3 is 10.1 Å². The van der Waals surface area contributed by atoms with E-state index in [1.807, 2.05) is 0 Å². The van der Waals surface area contributed by atoms with Gasteiger partial charge in [0.05, 0.1) is 23.8 Å². The Hall–Kier alpha value is -2.21. The minimum Gasteiger partial charge on any atom is -0.376 e. The molecule has 6 heteroatoms. The summed E-state index contributed by atoms with van der Waals surface area (Å²) >= 11 is 0. The number of hydrogen-bond donors (Lipinski definition) is 1. The van der Waals surface area contributed by atoms with Gasteiger partial charge in [-0.15, -0.1) is 0 Å². The zero-order valence-corrected chi connectivity index (χ0v) is 16.7. The Bertz CT molecular complexity index is 845. The number of rotatable bonds is 6. The zero-order valence-electron chi connectivity index (χ0n) is 16.7. The second kappa shape index (κ2) is 7.56. The Morgan fingerprint density at radius 2 is 1.97 bits per heavy atom. The lowest BCUT2D eigenvalue weighted by molar-refractivity contribution is 0.0475. The number of ether oxygens (including phenoxy) is 1. The standard InChI is InChI=1S/C23H28N2O4/c26-21(24-8-7-16-11-14-3-4-15(16)10-14)17-5-6-19-20(12-17)23(28)25(22(19)27)13-18-2-1-9-29-18/h5-6,12,14-16,18H,1-4,7-11,13H2,(H,24,26). The van der Waals surface area contributed by atoms with E-state index in [9.17, 15) is 14.4 Å². The van der Waals surface area contributed by atoms with Crippen LogP contribution in [0.25, 0.3) is 0 Å². The fraction of sp³-hybridized carbons (Fsp3) is 0.609. The number of hydrogen-bond acceptors (Lipinski definition) is 4. The monoisotopic (exact) mass is 396 g/mol. The van der Waals surface area contributed by atoms with Crippen LogP contribution in [0.2, 0.25) is 0 Å². The van der Waals surface area contributed by atoms with Crippen molar-refractivity contribution < 1.29 is 19.1 Å². The molecule has 2 aliphatic heterocycles. The van der Waals surface area contributed by atoms with Crippen LogP contribution in [0.4, 0.5) is 0 Å². The van der Waals surface area contributed by atoms with Gasteiger partial charge in [0.1, 0.15) is 0 Å². The molecule has 1 N–H and O–H groups in total. The number of carbonyl (C=O) groups excluding carboxylic acids is 3. The topological polar surface area (TPSA) is 75.7 Å². The van der Waals surface area contributed by atoms with Crippen molar-refractivity contribution in [1.82, 2.24) is 10.2 Å². The first-order chi connectivity index (χ1) is 14.1. The van der Waals surface area contributed by atoms with Crippen molar-refractivity contribution in [3.05, 3.63) is 34.9 Å². The smallest absolute Gasteiger partial charge is 0.261 e. The second-order valence-corrected chi connectivity index (χ2v) is 9.10. The van der Waals surface area contributed by atoms with Crippen molar-refractivity contribution >= 4 is 17.7 Å². The second-order valence-electron chi connectivity index (χ2n) is 9.10. The van der Waals surface area contributed by atoms with Crippen LogP contribution in [0.15, 0.2) is 18.2 Å². The maximum atomic E-state index is 12.7. The summed E-state index contributed by atoms with van der Waals surface area (Å²) in [4.78, 5) is 39.2. The number of benzene rings is 1. The molecule has 0 aromatic heterocycles. The molecular weight excluding hydrogens is 368 g/mol. The van der Waals surface area contributed by atoms with E-state index < -0.39 is 0 Å². The molecule has 0 spiro atoms. The van der Waals surface area contributed by atoms with E-state index in [4.69, 9.17) is 4.74 Å². The predicted molar refractivity (Wildman–Crippen MR) is 107 cm³/mol. The number of fused-ring (bicyclic) bond motifs is 3. The quantitative estimate of drug-likeness (QED) is 0.750. The highest BCUT2D eigenvalue weighted by molar-refractivity contribution is 6.22. The molecule has 3 amide bonds. The first-order valence-corrected chi connectivity index (χ1v) is 11.0. The Morgan fingerprint density at radius 1 is 1.10 bits per heavy atom. The van der Waals surface area contributed by atoms with Crippen LogP contribution in [-0.2, 0) is 4.74 Å². The van der Waals surface area contributed by atoms with Crippen LogP contribution in [-0.4, -0.2) is 48.4 Å². The molecule has 4 aliphatic rings. The van der Waals surface area contributed by atoms with E-state index >= 15 is 0 Å². The molecule has 0 radical (unpaired) electrons. The predicted octanol–water partition coefficient (Wildman–Crippen LogP) is 3.02. The minimum absolute atomic E-state index is 0.0779. The molecule has 3 fully saturated rings. The first-order valence-electron chi connectivity index (χ1n) is 11.0. The zero-order chi connectivity index (χ0) is 20.0. The van der Waals surface area contributed by atoms with E-state index in [0.717, 1.165) is 37.0 Å². The van der Waals surface area contributed by atoms with Gasteiger partial charge in [-0.25, -0.2) is 0 Å². The normalized spacial score (nSPS) is 30.3.